The number of phenolic OH excluding ortho intramolecular Hbond substituents is 1. The van der Waals surface area contributed by atoms with E-state index in [1.54, 1.807) is 19.9 Å². The number of halogens is 1. The summed E-state index contributed by atoms with van der Waals surface area (Å²) in [5.74, 6) is -0.736. The first-order chi connectivity index (χ1) is 7.25. The summed E-state index contributed by atoms with van der Waals surface area (Å²) in [5, 5.41) is 18.9. The zero-order chi connectivity index (χ0) is 12.5. The molecule has 0 radical (unpaired) electrons. The maximum absolute atomic E-state index is 11.0. The molecular weight excluding hydrogens is 272 g/mol. The van der Waals surface area contributed by atoms with Crippen molar-refractivity contribution in [2.45, 2.75) is 27.2 Å². The first-order valence-electron chi connectivity index (χ1n) is 4.96. The molecule has 1 aromatic carbocycles. The third-order valence-corrected chi connectivity index (χ3v) is 3.31. The van der Waals surface area contributed by atoms with Gasteiger partial charge in [0, 0.05) is 0 Å². The van der Waals surface area contributed by atoms with Crippen LogP contribution in [0.15, 0.2) is 16.6 Å². The highest BCUT2D eigenvalue weighted by molar-refractivity contribution is 9.10. The van der Waals surface area contributed by atoms with Gasteiger partial charge in [-0.25, -0.2) is 0 Å². The molecule has 0 amide bonds. The minimum absolute atomic E-state index is 0.134. The van der Waals surface area contributed by atoms with Crippen molar-refractivity contribution in [3.63, 3.8) is 0 Å². The van der Waals surface area contributed by atoms with E-state index in [0.717, 1.165) is 5.56 Å². The average Bonchev–Trinajstić information content (AvgIpc) is 2.18. The second kappa shape index (κ2) is 4.45. The summed E-state index contributed by atoms with van der Waals surface area (Å²) in [6.45, 7) is 5.16. The Morgan fingerprint density at radius 3 is 2.50 bits per heavy atom. The number of benzene rings is 1. The number of phenols is 1. The number of carboxylic acids is 1. The monoisotopic (exact) mass is 286 g/mol. The van der Waals surface area contributed by atoms with Crippen molar-refractivity contribution < 1.29 is 15.0 Å². The molecule has 0 saturated heterocycles. The molecule has 0 unspecified atom stereocenters. The quantitative estimate of drug-likeness (QED) is 0.898. The van der Waals surface area contributed by atoms with Crippen LogP contribution in [0.3, 0.4) is 0 Å². The van der Waals surface area contributed by atoms with Crippen LogP contribution < -0.4 is 0 Å². The van der Waals surface area contributed by atoms with E-state index in [2.05, 4.69) is 15.9 Å². The van der Waals surface area contributed by atoms with Crippen molar-refractivity contribution in [1.29, 1.82) is 0 Å². The molecule has 0 aromatic heterocycles. The zero-order valence-corrected chi connectivity index (χ0v) is 11.1. The summed E-state index contributed by atoms with van der Waals surface area (Å²) in [6.07, 6.45) is 0.305. The Balaban J connectivity index is 3.15. The van der Waals surface area contributed by atoms with Crippen LogP contribution in [0, 0.1) is 12.3 Å². The topological polar surface area (TPSA) is 57.5 Å². The predicted octanol–water partition coefficient (Wildman–Crippen LogP) is 3.12. The zero-order valence-electron chi connectivity index (χ0n) is 9.54. The molecule has 16 heavy (non-hydrogen) atoms. The highest BCUT2D eigenvalue weighted by atomic mass is 79.9. The minimum Gasteiger partial charge on any atom is -0.506 e. The molecule has 0 bridgehead atoms. The van der Waals surface area contributed by atoms with Crippen molar-refractivity contribution in [1.82, 2.24) is 0 Å². The lowest BCUT2D eigenvalue weighted by Gasteiger charge is -2.21. The Kier molecular flexibility index (Phi) is 3.63. The first-order valence-corrected chi connectivity index (χ1v) is 5.75. The standard InChI is InChI=1S/C12H15BrO3/c1-7-4-5-9(13)10(14)8(7)6-12(2,3)11(15)16/h4-5,14H,6H2,1-3H3,(H,15,16). The average molecular weight is 287 g/mol. The molecule has 1 rings (SSSR count). The molecule has 0 fully saturated rings. The van der Waals surface area contributed by atoms with E-state index in [4.69, 9.17) is 5.11 Å². The summed E-state index contributed by atoms with van der Waals surface area (Å²) < 4.78 is 0.592. The maximum atomic E-state index is 11.0. The van der Waals surface area contributed by atoms with Gasteiger partial charge >= 0.3 is 5.97 Å². The number of aryl methyl sites for hydroxylation is 1. The molecule has 1 aromatic rings. The Hall–Kier alpha value is -1.03. The van der Waals surface area contributed by atoms with Gasteiger partial charge in [-0.2, -0.15) is 0 Å². The third kappa shape index (κ3) is 2.55. The largest absolute Gasteiger partial charge is 0.506 e. The highest BCUT2D eigenvalue weighted by Gasteiger charge is 2.29. The normalized spacial score (nSPS) is 11.5. The lowest BCUT2D eigenvalue weighted by molar-refractivity contribution is -0.146. The number of rotatable bonds is 3. The van der Waals surface area contributed by atoms with Gasteiger partial charge in [0.15, 0.2) is 0 Å². The van der Waals surface area contributed by atoms with Crippen molar-refractivity contribution in [2.75, 3.05) is 0 Å². The van der Waals surface area contributed by atoms with Crippen molar-refractivity contribution in [3.8, 4) is 5.75 Å². The highest BCUT2D eigenvalue weighted by Crippen LogP contribution is 2.34. The van der Waals surface area contributed by atoms with Crippen molar-refractivity contribution in [3.05, 3.63) is 27.7 Å². The second-order valence-corrected chi connectivity index (χ2v) is 5.41. The molecule has 0 saturated carbocycles. The molecule has 0 heterocycles. The second-order valence-electron chi connectivity index (χ2n) is 4.56. The van der Waals surface area contributed by atoms with E-state index in [9.17, 15) is 9.90 Å². The number of aromatic hydroxyl groups is 1. The van der Waals surface area contributed by atoms with Crippen LogP contribution >= 0.6 is 15.9 Å². The van der Waals surface area contributed by atoms with Crippen LogP contribution in [0.5, 0.6) is 5.75 Å². The van der Waals surface area contributed by atoms with E-state index in [1.165, 1.54) is 0 Å². The van der Waals surface area contributed by atoms with Gasteiger partial charge < -0.3 is 10.2 Å². The van der Waals surface area contributed by atoms with E-state index in [0.29, 0.717) is 16.5 Å². The van der Waals surface area contributed by atoms with E-state index in [-0.39, 0.29) is 5.75 Å². The fraction of sp³-hybridized carbons (Fsp3) is 0.417. The number of hydrogen-bond acceptors (Lipinski definition) is 2. The smallest absolute Gasteiger partial charge is 0.309 e. The van der Waals surface area contributed by atoms with E-state index >= 15 is 0 Å². The van der Waals surface area contributed by atoms with Crippen LogP contribution in [-0.4, -0.2) is 16.2 Å². The lowest BCUT2D eigenvalue weighted by Crippen LogP contribution is -2.26. The number of carbonyl (C=O) groups is 1. The van der Waals surface area contributed by atoms with Gasteiger partial charge in [-0.3, -0.25) is 4.79 Å². The van der Waals surface area contributed by atoms with E-state index < -0.39 is 11.4 Å². The molecule has 2 N–H and O–H groups in total. The molecule has 0 spiro atoms. The van der Waals surface area contributed by atoms with Gasteiger partial charge in [-0.05, 0) is 60.3 Å². The summed E-state index contributed by atoms with van der Waals surface area (Å²) >= 11 is 3.23. The fourth-order valence-corrected chi connectivity index (χ4v) is 1.82. The molecule has 0 atom stereocenters. The number of hydrogen-bond donors (Lipinski definition) is 2. The molecular formula is C12H15BrO3. The van der Waals surface area contributed by atoms with Crippen LogP contribution in [0.2, 0.25) is 0 Å². The Bertz CT molecular complexity index is 425. The first kappa shape index (κ1) is 13.0. The van der Waals surface area contributed by atoms with Gasteiger partial charge in [0.25, 0.3) is 0 Å². The number of carboxylic acid groups (broad SMARTS) is 1. The van der Waals surface area contributed by atoms with Crippen molar-refractivity contribution in [2.24, 2.45) is 5.41 Å². The Labute approximate surface area is 103 Å². The van der Waals surface area contributed by atoms with Gasteiger partial charge in [0.05, 0.1) is 9.89 Å². The van der Waals surface area contributed by atoms with Crippen LogP contribution in [0.4, 0.5) is 0 Å². The summed E-state index contributed by atoms with van der Waals surface area (Å²) in [6, 6.07) is 3.61. The van der Waals surface area contributed by atoms with Crippen LogP contribution in [-0.2, 0) is 11.2 Å². The predicted molar refractivity (Wildman–Crippen MR) is 65.7 cm³/mol. The maximum Gasteiger partial charge on any atom is 0.309 e. The molecule has 0 aliphatic rings. The molecule has 88 valence electrons. The molecule has 4 heteroatoms. The summed E-state index contributed by atoms with van der Waals surface area (Å²) in [5.41, 5.74) is 0.694. The van der Waals surface area contributed by atoms with E-state index in [1.807, 2.05) is 13.0 Å². The SMILES string of the molecule is Cc1ccc(Br)c(O)c1CC(C)(C)C(=O)O. The molecule has 3 nitrogen and oxygen atoms in total. The van der Waals surface area contributed by atoms with Gasteiger partial charge in [0.1, 0.15) is 5.75 Å². The fourth-order valence-electron chi connectivity index (χ4n) is 1.45. The minimum atomic E-state index is -0.886. The Morgan fingerprint density at radius 2 is 2.00 bits per heavy atom. The number of aliphatic carboxylic acids is 1. The summed E-state index contributed by atoms with van der Waals surface area (Å²) in [4.78, 5) is 11.0. The van der Waals surface area contributed by atoms with Crippen LogP contribution in [0.1, 0.15) is 25.0 Å². The lowest BCUT2D eigenvalue weighted by atomic mass is 9.84. The van der Waals surface area contributed by atoms with Gasteiger partial charge in [-0.15, -0.1) is 0 Å². The van der Waals surface area contributed by atoms with Gasteiger partial charge in [0.2, 0.25) is 0 Å². The summed E-state index contributed by atoms with van der Waals surface area (Å²) in [7, 11) is 0. The van der Waals surface area contributed by atoms with Crippen LogP contribution in [0.25, 0.3) is 0 Å². The van der Waals surface area contributed by atoms with Gasteiger partial charge in [-0.1, -0.05) is 6.07 Å². The molecule has 0 aliphatic heterocycles. The Morgan fingerprint density at radius 1 is 1.44 bits per heavy atom. The third-order valence-electron chi connectivity index (χ3n) is 2.67. The van der Waals surface area contributed by atoms with Crippen molar-refractivity contribution >= 4 is 21.9 Å². The molecule has 0 aliphatic carbocycles.